The van der Waals surface area contributed by atoms with E-state index in [0.717, 1.165) is 25.0 Å². The second kappa shape index (κ2) is 11.1. The molecule has 186 valence electrons. The van der Waals surface area contributed by atoms with Crippen molar-refractivity contribution in [3.8, 4) is 23.1 Å². The minimum absolute atomic E-state index is 0.0419. The van der Waals surface area contributed by atoms with Crippen molar-refractivity contribution < 1.29 is 27.8 Å². The Kier molecular flexibility index (Phi) is 8.22. The molecule has 0 saturated heterocycles. The summed E-state index contributed by atoms with van der Waals surface area (Å²) in [6.45, 7) is 2.90. The first kappa shape index (κ1) is 25.9. The molecule has 0 radical (unpaired) electrons. The number of nitrogens with one attached hydrogen (secondary N) is 1. The standard InChI is InChI=1S/C25H27F3N4O3/c1-3-32(24(31-15-29)30-13-16-4-5-16)14-18-12-19(25(26,27)28)7-8-20(18)21-10-17(11-23(33)34)6-9-22(21)35-2/h6-10,12,16H,3-5,11,13-14H2,1-2H3,(H,30,31)(H,33,34). The maximum atomic E-state index is 13.6. The number of nitriles is 1. The fraction of sp³-hybridized carbons (Fsp3) is 0.400. The van der Waals surface area contributed by atoms with Crippen molar-refractivity contribution in [2.45, 2.75) is 38.9 Å². The SMILES string of the molecule is CCN(Cc1cc(C(F)(F)F)ccc1-c1cc(CC(=O)O)ccc1OC)/C(=N/C#N)NCC1CC1. The molecule has 0 aliphatic heterocycles. The van der Waals surface area contributed by atoms with Crippen LogP contribution in [0.25, 0.3) is 11.1 Å². The van der Waals surface area contributed by atoms with E-state index >= 15 is 0 Å². The molecule has 10 heteroatoms. The van der Waals surface area contributed by atoms with Crippen molar-refractivity contribution in [2.75, 3.05) is 20.2 Å². The first-order chi connectivity index (χ1) is 16.7. The number of carbonyl (C=O) groups is 1. The van der Waals surface area contributed by atoms with Gasteiger partial charge in [0, 0.05) is 25.2 Å². The number of nitrogens with zero attached hydrogens (tertiary/aromatic N) is 3. The van der Waals surface area contributed by atoms with Gasteiger partial charge >= 0.3 is 12.1 Å². The molecule has 0 unspecified atom stereocenters. The Labute approximate surface area is 201 Å². The van der Waals surface area contributed by atoms with Crippen LogP contribution in [0.15, 0.2) is 41.4 Å². The molecule has 1 aliphatic rings. The van der Waals surface area contributed by atoms with Crippen LogP contribution in [-0.2, 0) is 23.9 Å². The summed E-state index contributed by atoms with van der Waals surface area (Å²) < 4.78 is 46.2. The van der Waals surface area contributed by atoms with Crippen LogP contribution in [0.5, 0.6) is 5.75 Å². The molecule has 0 amide bonds. The van der Waals surface area contributed by atoms with Crippen molar-refractivity contribution in [1.82, 2.24) is 10.2 Å². The van der Waals surface area contributed by atoms with Crippen LogP contribution in [-0.4, -0.2) is 42.1 Å². The number of rotatable bonds is 9. The Bertz CT molecular complexity index is 1140. The molecule has 1 saturated carbocycles. The maximum Gasteiger partial charge on any atom is 0.416 e. The molecule has 0 spiro atoms. The minimum Gasteiger partial charge on any atom is -0.496 e. The van der Waals surface area contributed by atoms with Gasteiger partial charge in [0.05, 0.1) is 19.1 Å². The minimum atomic E-state index is -4.55. The van der Waals surface area contributed by atoms with E-state index in [0.29, 0.717) is 53.0 Å². The van der Waals surface area contributed by atoms with E-state index in [1.807, 2.05) is 6.92 Å². The number of benzene rings is 2. The molecule has 7 nitrogen and oxygen atoms in total. The van der Waals surface area contributed by atoms with E-state index in [1.165, 1.54) is 13.2 Å². The topological polar surface area (TPSA) is 98.0 Å². The lowest BCUT2D eigenvalue weighted by atomic mass is 9.94. The fourth-order valence-electron chi connectivity index (χ4n) is 3.78. The Hall–Kier alpha value is -3.74. The number of carboxylic acids is 1. The Morgan fingerprint density at radius 3 is 2.57 bits per heavy atom. The number of methoxy groups -OCH3 is 1. The molecule has 35 heavy (non-hydrogen) atoms. The third-order valence-electron chi connectivity index (χ3n) is 5.79. The number of carboxylic acid groups (broad SMARTS) is 1. The van der Waals surface area contributed by atoms with Crippen molar-refractivity contribution in [2.24, 2.45) is 10.9 Å². The Morgan fingerprint density at radius 2 is 2.00 bits per heavy atom. The zero-order chi connectivity index (χ0) is 25.6. The van der Waals surface area contributed by atoms with Crippen molar-refractivity contribution in [1.29, 1.82) is 5.26 Å². The van der Waals surface area contributed by atoms with Crippen LogP contribution in [0.1, 0.15) is 36.5 Å². The van der Waals surface area contributed by atoms with Crippen LogP contribution in [0, 0.1) is 17.4 Å². The third kappa shape index (κ3) is 6.88. The van der Waals surface area contributed by atoms with Gasteiger partial charge in [0.1, 0.15) is 5.75 Å². The lowest BCUT2D eigenvalue weighted by Gasteiger charge is -2.26. The number of ether oxygens (including phenoxy) is 1. The molecule has 1 aliphatic carbocycles. The van der Waals surface area contributed by atoms with Gasteiger partial charge in [0.15, 0.2) is 0 Å². The summed E-state index contributed by atoms with van der Waals surface area (Å²) in [5, 5.41) is 21.5. The van der Waals surface area contributed by atoms with Crippen molar-refractivity contribution in [3.05, 3.63) is 53.1 Å². The summed E-state index contributed by atoms with van der Waals surface area (Å²) in [6.07, 6.45) is -0.847. The second-order valence-electron chi connectivity index (χ2n) is 8.35. The van der Waals surface area contributed by atoms with Crippen LogP contribution >= 0.6 is 0 Å². The summed E-state index contributed by atoms with van der Waals surface area (Å²) >= 11 is 0. The summed E-state index contributed by atoms with van der Waals surface area (Å²) in [5.74, 6) is 0.186. The van der Waals surface area contributed by atoms with Crippen molar-refractivity contribution >= 4 is 11.9 Å². The van der Waals surface area contributed by atoms with Crippen LogP contribution in [0.2, 0.25) is 0 Å². The molecule has 0 atom stereocenters. The lowest BCUT2D eigenvalue weighted by molar-refractivity contribution is -0.138. The van der Waals surface area contributed by atoms with Gasteiger partial charge in [-0.1, -0.05) is 12.1 Å². The molecular weight excluding hydrogens is 461 g/mol. The summed E-state index contributed by atoms with van der Waals surface area (Å²) in [4.78, 5) is 16.8. The molecule has 2 N–H and O–H groups in total. The third-order valence-corrected chi connectivity index (χ3v) is 5.79. The van der Waals surface area contributed by atoms with Crippen LogP contribution in [0.4, 0.5) is 13.2 Å². The highest BCUT2D eigenvalue weighted by Crippen LogP contribution is 2.38. The van der Waals surface area contributed by atoms with Gasteiger partial charge in [-0.05, 0) is 66.6 Å². The molecule has 2 aromatic carbocycles. The predicted molar refractivity (Wildman–Crippen MR) is 125 cm³/mol. The molecule has 2 aromatic rings. The maximum absolute atomic E-state index is 13.6. The molecule has 3 rings (SSSR count). The number of hydrogen-bond acceptors (Lipinski definition) is 4. The fourth-order valence-corrected chi connectivity index (χ4v) is 3.78. The van der Waals surface area contributed by atoms with E-state index < -0.39 is 17.7 Å². The van der Waals surface area contributed by atoms with Crippen molar-refractivity contribution in [3.63, 3.8) is 0 Å². The summed E-state index contributed by atoms with van der Waals surface area (Å²) in [5.41, 5.74) is 0.975. The molecule has 1 fully saturated rings. The number of aliphatic imine (C=N–C) groups is 1. The first-order valence-corrected chi connectivity index (χ1v) is 11.2. The van der Waals surface area contributed by atoms with Crippen LogP contribution in [0.3, 0.4) is 0 Å². The average Bonchev–Trinajstić information content (AvgIpc) is 3.64. The van der Waals surface area contributed by atoms with Gasteiger partial charge in [-0.25, -0.2) is 0 Å². The molecule has 0 bridgehead atoms. The highest BCUT2D eigenvalue weighted by Gasteiger charge is 2.32. The zero-order valence-electron chi connectivity index (χ0n) is 19.5. The molecule has 0 heterocycles. The average molecular weight is 489 g/mol. The predicted octanol–water partition coefficient (Wildman–Crippen LogP) is 4.67. The van der Waals surface area contributed by atoms with E-state index in [1.54, 1.807) is 29.3 Å². The van der Waals surface area contributed by atoms with Gasteiger partial charge in [0.25, 0.3) is 0 Å². The normalized spacial score (nSPS) is 13.8. The summed E-state index contributed by atoms with van der Waals surface area (Å²) in [7, 11) is 1.44. The summed E-state index contributed by atoms with van der Waals surface area (Å²) in [6, 6.07) is 8.27. The van der Waals surface area contributed by atoms with E-state index in [4.69, 9.17) is 10.00 Å². The van der Waals surface area contributed by atoms with Gasteiger partial charge in [-0.3, -0.25) is 4.79 Å². The van der Waals surface area contributed by atoms with Gasteiger partial charge in [-0.2, -0.15) is 18.4 Å². The van der Waals surface area contributed by atoms with Gasteiger partial charge in [0.2, 0.25) is 12.2 Å². The quantitative estimate of drug-likeness (QED) is 0.303. The second-order valence-corrected chi connectivity index (χ2v) is 8.35. The van der Waals surface area contributed by atoms with E-state index in [-0.39, 0.29) is 13.0 Å². The largest absolute Gasteiger partial charge is 0.496 e. The van der Waals surface area contributed by atoms with Gasteiger partial charge < -0.3 is 20.1 Å². The number of guanidine groups is 1. The number of aliphatic carboxylic acids is 1. The molecular formula is C25H27F3N4O3. The van der Waals surface area contributed by atoms with Gasteiger partial charge in [-0.15, -0.1) is 4.99 Å². The highest BCUT2D eigenvalue weighted by molar-refractivity contribution is 5.82. The smallest absolute Gasteiger partial charge is 0.416 e. The number of hydrogen-bond donors (Lipinski definition) is 2. The Morgan fingerprint density at radius 1 is 1.26 bits per heavy atom. The Balaban J connectivity index is 2.08. The van der Waals surface area contributed by atoms with Crippen LogP contribution < -0.4 is 10.1 Å². The zero-order valence-corrected chi connectivity index (χ0v) is 19.5. The molecule has 0 aromatic heterocycles. The first-order valence-electron chi connectivity index (χ1n) is 11.2. The number of alkyl halides is 3. The van der Waals surface area contributed by atoms with E-state index in [2.05, 4.69) is 10.3 Å². The number of halogens is 3. The van der Waals surface area contributed by atoms with E-state index in [9.17, 15) is 23.1 Å². The highest BCUT2D eigenvalue weighted by atomic mass is 19.4. The monoisotopic (exact) mass is 488 g/mol. The lowest BCUT2D eigenvalue weighted by Crippen LogP contribution is -2.41.